The van der Waals surface area contributed by atoms with Crippen molar-refractivity contribution in [3.05, 3.63) is 19.1 Å². The molecule has 0 aromatic heterocycles. The second-order valence-electron chi connectivity index (χ2n) is 1.97. The lowest BCUT2D eigenvalue weighted by atomic mass is 10.1. The molecule has 0 aliphatic rings. The molecule has 0 heterocycles. The van der Waals surface area contributed by atoms with Gasteiger partial charge in [0.15, 0.2) is 0 Å². The van der Waals surface area contributed by atoms with Gasteiger partial charge in [0.05, 0.1) is 13.0 Å². The van der Waals surface area contributed by atoms with E-state index in [4.69, 9.17) is 0 Å². The first-order valence-electron chi connectivity index (χ1n) is 3.30. The van der Waals surface area contributed by atoms with Crippen LogP contribution in [0, 0.1) is 12.8 Å². The molecule has 0 rings (SSSR count). The zero-order valence-corrected chi connectivity index (χ0v) is 6.46. The van der Waals surface area contributed by atoms with Crippen molar-refractivity contribution in [2.75, 3.05) is 7.11 Å². The van der Waals surface area contributed by atoms with E-state index < -0.39 is 0 Å². The number of allylic oxidation sites excluding steroid dienone is 1. The van der Waals surface area contributed by atoms with Gasteiger partial charge >= 0.3 is 5.97 Å². The van der Waals surface area contributed by atoms with Crippen molar-refractivity contribution < 1.29 is 9.53 Å². The summed E-state index contributed by atoms with van der Waals surface area (Å²) in [5.74, 6) is -0.315. The number of hydrogen-bond donors (Lipinski definition) is 0. The summed E-state index contributed by atoms with van der Waals surface area (Å²) < 4.78 is 4.54. The van der Waals surface area contributed by atoms with Gasteiger partial charge in [0.2, 0.25) is 0 Å². The molecule has 0 aliphatic heterocycles. The Morgan fingerprint density at radius 3 is 2.70 bits per heavy atom. The fourth-order valence-electron chi connectivity index (χ4n) is 0.697. The van der Waals surface area contributed by atoms with E-state index in [1.807, 2.05) is 6.92 Å². The Morgan fingerprint density at radius 1 is 1.80 bits per heavy atom. The largest absolute Gasteiger partial charge is 0.469 e. The van der Waals surface area contributed by atoms with E-state index in [0.29, 0.717) is 0 Å². The normalized spacial score (nSPS) is 13.5. The molecular weight excluding hydrogens is 128 g/mol. The van der Waals surface area contributed by atoms with Crippen molar-refractivity contribution in [2.24, 2.45) is 5.92 Å². The summed E-state index contributed by atoms with van der Waals surface area (Å²) >= 11 is 0. The van der Waals surface area contributed by atoms with Gasteiger partial charge in [-0.05, 0) is 13.3 Å². The molecule has 0 aromatic carbocycles. The molecule has 0 N–H and O–H groups in total. The van der Waals surface area contributed by atoms with Gasteiger partial charge in [-0.2, -0.15) is 0 Å². The van der Waals surface area contributed by atoms with E-state index in [1.54, 1.807) is 12.2 Å². The van der Waals surface area contributed by atoms with Crippen molar-refractivity contribution in [1.82, 2.24) is 0 Å². The highest BCUT2D eigenvalue weighted by Gasteiger charge is 2.11. The Labute approximate surface area is 61.9 Å². The molecule has 2 heteroatoms. The summed E-state index contributed by atoms with van der Waals surface area (Å²) in [5.41, 5.74) is 0. The smallest absolute Gasteiger partial charge is 0.312 e. The molecule has 0 fully saturated rings. The van der Waals surface area contributed by atoms with Crippen molar-refractivity contribution in [2.45, 2.75) is 13.3 Å². The Morgan fingerprint density at radius 2 is 2.40 bits per heavy atom. The molecule has 0 aromatic rings. The number of methoxy groups -OCH3 is 1. The van der Waals surface area contributed by atoms with Crippen LogP contribution in [0.15, 0.2) is 12.2 Å². The molecule has 1 atom stereocenters. The average Bonchev–Trinajstić information content (AvgIpc) is 1.99. The SMILES string of the molecule is [CH2]/C=C/C(CC)C(=O)OC. The van der Waals surface area contributed by atoms with E-state index in [2.05, 4.69) is 11.7 Å². The minimum Gasteiger partial charge on any atom is -0.469 e. The number of carbonyl (C=O) groups excluding carboxylic acids is 1. The first-order valence-corrected chi connectivity index (χ1v) is 3.30. The minimum atomic E-state index is -0.192. The number of rotatable bonds is 3. The van der Waals surface area contributed by atoms with Crippen LogP contribution in [0.2, 0.25) is 0 Å². The number of hydrogen-bond acceptors (Lipinski definition) is 2. The van der Waals surface area contributed by atoms with E-state index in [0.717, 1.165) is 6.42 Å². The maximum absolute atomic E-state index is 10.8. The van der Waals surface area contributed by atoms with Crippen LogP contribution in [0.4, 0.5) is 0 Å². The van der Waals surface area contributed by atoms with Gasteiger partial charge in [0, 0.05) is 0 Å². The number of esters is 1. The summed E-state index contributed by atoms with van der Waals surface area (Å²) in [5, 5.41) is 0. The van der Waals surface area contributed by atoms with Gasteiger partial charge in [0.1, 0.15) is 0 Å². The maximum Gasteiger partial charge on any atom is 0.312 e. The van der Waals surface area contributed by atoms with Crippen LogP contribution in [-0.2, 0) is 9.53 Å². The lowest BCUT2D eigenvalue weighted by molar-refractivity contribution is -0.143. The van der Waals surface area contributed by atoms with Crippen LogP contribution >= 0.6 is 0 Å². The highest BCUT2D eigenvalue weighted by Crippen LogP contribution is 2.05. The fourth-order valence-corrected chi connectivity index (χ4v) is 0.697. The summed E-state index contributed by atoms with van der Waals surface area (Å²) in [6.45, 7) is 5.43. The average molecular weight is 141 g/mol. The molecular formula is C8H13O2. The highest BCUT2D eigenvalue weighted by atomic mass is 16.5. The molecule has 0 saturated heterocycles. The zero-order chi connectivity index (χ0) is 7.98. The van der Waals surface area contributed by atoms with Crippen molar-refractivity contribution >= 4 is 5.97 Å². The van der Waals surface area contributed by atoms with Gasteiger partial charge in [-0.3, -0.25) is 4.79 Å². The molecule has 0 aliphatic carbocycles. The summed E-state index contributed by atoms with van der Waals surface area (Å²) in [7, 11) is 1.39. The first-order chi connectivity index (χ1) is 4.76. The lowest BCUT2D eigenvalue weighted by Crippen LogP contribution is -2.12. The van der Waals surface area contributed by atoms with Crippen LogP contribution in [0.5, 0.6) is 0 Å². The van der Waals surface area contributed by atoms with Gasteiger partial charge in [0.25, 0.3) is 0 Å². The van der Waals surface area contributed by atoms with Crippen molar-refractivity contribution in [3.8, 4) is 0 Å². The van der Waals surface area contributed by atoms with Crippen molar-refractivity contribution in [1.29, 1.82) is 0 Å². The van der Waals surface area contributed by atoms with E-state index in [1.165, 1.54) is 7.11 Å². The maximum atomic E-state index is 10.8. The van der Waals surface area contributed by atoms with Crippen LogP contribution in [0.1, 0.15) is 13.3 Å². The Bertz CT molecular complexity index is 127. The molecule has 0 amide bonds. The zero-order valence-electron chi connectivity index (χ0n) is 6.46. The quantitative estimate of drug-likeness (QED) is 0.558. The number of carbonyl (C=O) groups is 1. The molecule has 2 nitrogen and oxygen atoms in total. The van der Waals surface area contributed by atoms with E-state index in [-0.39, 0.29) is 11.9 Å². The van der Waals surface area contributed by atoms with E-state index in [9.17, 15) is 4.79 Å². The fraction of sp³-hybridized carbons (Fsp3) is 0.500. The minimum absolute atomic E-state index is 0.123. The monoisotopic (exact) mass is 141 g/mol. The molecule has 57 valence electrons. The third kappa shape index (κ3) is 2.67. The lowest BCUT2D eigenvalue weighted by Gasteiger charge is -2.05. The Balaban J connectivity index is 3.93. The van der Waals surface area contributed by atoms with Crippen LogP contribution in [-0.4, -0.2) is 13.1 Å². The van der Waals surface area contributed by atoms with Gasteiger partial charge < -0.3 is 4.74 Å². The molecule has 0 bridgehead atoms. The van der Waals surface area contributed by atoms with E-state index >= 15 is 0 Å². The third-order valence-corrected chi connectivity index (χ3v) is 1.31. The topological polar surface area (TPSA) is 26.3 Å². The van der Waals surface area contributed by atoms with Crippen LogP contribution < -0.4 is 0 Å². The molecule has 1 unspecified atom stereocenters. The van der Waals surface area contributed by atoms with Gasteiger partial charge in [-0.1, -0.05) is 19.1 Å². The van der Waals surface area contributed by atoms with Gasteiger partial charge in [-0.25, -0.2) is 0 Å². The number of ether oxygens (including phenoxy) is 1. The van der Waals surface area contributed by atoms with Crippen LogP contribution in [0.3, 0.4) is 0 Å². The molecule has 10 heavy (non-hydrogen) atoms. The van der Waals surface area contributed by atoms with Gasteiger partial charge in [-0.15, -0.1) is 0 Å². The molecule has 1 radical (unpaired) electrons. The van der Waals surface area contributed by atoms with Crippen LogP contribution in [0.25, 0.3) is 0 Å². The predicted molar refractivity (Wildman–Crippen MR) is 40.3 cm³/mol. The highest BCUT2D eigenvalue weighted by molar-refractivity contribution is 5.74. The second-order valence-corrected chi connectivity index (χ2v) is 1.97. The predicted octanol–water partition coefficient (Wildman–Crippen LogP) is 1.58. The second kappa shape index (κ2) is 5.03. The first kappa shape index (κ1) is 9.21. The molecule has 0 saturated carbocycles. The molecule has 0 spiro atoms. The summed E-state index contributed by atoms with van der Waals surface area (Å²) in [6, 6.07) is 0. The Kier molecular flexibility index (Phi) is 4.63. The summed E-state index contributed by atoms with van der Waals surface area (Å²) in [6.07, 6.45) is 4.12. The summed E-state index contributed by atoms with van der Waals surface area (Å²) in [4.78, 5) is 10.8. The Hall–Kier alpha value is -0.790. The van der Waals surface area contributed by atoms with Crippen molar-refractivity contribution in [3.63, 3.8) is 0 Å². The third-order valence-electron chi connectivity index (χ3n) is 1.31. The standard InChI is InChI=1S/C8H13O2/c1-4-6-7(5-2)8(9)10-3/h4,6-7H,1,5H2,2-3H3/b6-4+.